The quantitative estimate of drug-likeness (QED) is 0.259. The minimum Gasteiger partial charge on any atom is -0.463 e. The second-order valence-corrected chi connectivity index (χ2v) is 11.3. The molecule has 0 radical (unpaired) electrons. The molecule has 0 saturated carbocycles. The molecule has 0 amide bonds. The van der Waals surface area contributed by atoms with Crippen LogP contribution in [0, 0.1) is 13.8 Å². The highest BCUT2D eigenvalue weighted by molar-refractivity contribution is 7.07. The van der Waals surface area contributed by atoms with E-state index in [-0.39, 0.29) is 12.2 Å². The number of thiazole rings is 1. The Morgan fingerprint density at radius 1 is 0.952 bits per heavy atom. The van der Waals surface area contributed by atoms with Crippen LogP contribution >= 0.6 is 11.3 Å². The normalized spacial score (nSPS) is 15.0. The Morgan fingerprint density at radius 2 is 1.62 bits per heavy atom. The van der Waals surface area contributed by atoms with E-state index in [1.54, 1.807) is 18.4 Å². The average molecular weight is 575 g/mol. The molecule has 5 aromatic rings. The topological polar surface area (TPSA) is 78.5 Å². The lowest BCUT2D eigenvalue weighted by molar-refractivity contribution is -0.139. The van der Waals surface area contributed by atoms with Crippen molar-refractivity contribution in [2.75, 3.05) is 6.61 Å². The fourth-order valence-corrected chi connectivity index (χ4v) is 6.18. The maximum atomic E-state index is 14.2. The van der Waals surface area contributed by atoms with Crippen molar-refractivity contribution < 1.29 is 9.53 Å². The first-order valence-corrected chi connectivity index (χ1v) is 14.6. The number of para-hydroxylation sites is 1. The fourth-order valence-electron chi connectivity index (χ4n) is 5.14. The van der Waals surface area contributed by atoms with Gasteiger partial charge in [-0.05, 0) is 51.5 Å². The molecule has 3 heterocycles. The van der Waals surface area contributed by atoms with E-state index in [0.717, 1.165) is 39.2 Å². The van der Waals surface area contributed by atoms with E-state index < -0.39 is 12.0 Å². The second kappa shape index (κ2) is 11.2. The Labute approximate surface area is 247 Å². The second-order valence-electron chi connectivity index (χ2n) is 10.3. The van der Waals surface area contributed by atoms with Crippen LogP contribution in [0.2, 0.25) is 0 Å². The smallest absolute Gasteiger partial charge is 0.338 e. The zero-order valence-corrected chi connectivity index (χ0v) is 24.7. The van der Waals surface area contributed by atoms with Crippen molar-refractivity contribution in [3.8, 4) is 16.9 Å². The standard InChI is InChI=1S/C34H30N4O3S/c1-5-41-33(40)29-23(4)35-34-38(31(29)25-17-13-22(3)14-18-25)32(39)28(42-34)19-26-20-37(27-9-7-6-8-10-27)36-30(26)24-15-11-21(2)12-16-24/h6-20,31H,5H2,1-4H3/b28-19-. The van der Waals surface area contributed by atoms with Gasteiger partial charge in [-0.2, -0.15) is 5.10 Å². The van der Waals surface area contributed by atoms with Crippen LogP contribution in [0.1, 0.15) is 42.1 Å². The predicted octanol–water partition coefficient (Wildman–Crippen LogP) is 5.27. The Hall–Kier alpha value is -4.82. The summed E-state index contributed by atoms with van der Waals surface area (Å²) >= 11 is 1.31. The van der Waals surface area contributed by atoms with Gasteiger partial charge in [0.15, 0.2) is 4.80 Å². The zero-order chi connectivity index (χ0) is 29.4. The maximum absolute atomic E-state index is 14.2. The van der Waals surface area contributed by atoms with Crippen molar-refractivity contribution in [1.29, 1.82) is 0 Å². The monoisotopic (exact) mass is 574 g/mol. The van der Waals surface area contributed by atoms with Crippen molar-refractivity contribution >= 4 is 23.4 Å². The summed E-state index contributed by atoms with van der Waals surface area (Å²) < 4.78 is 9.37. The molecule has 1 aliphatic heterocycles. The summed E-state index contributed by atoms with van der Waals surface area (Å²) in [5.74, 6) is -0.468. The molecule has 0 fully saturated rings. The zero-order valence-electron chi connectivity index (χ0n) is 23.9. The van der Waals surface area contributed by atoms with Gasteiger partial charge in [-0.25, -0.2) is 14.5 Å². The molecule has 1 unspecified atom stereocenters. The maximum Gasteiger partial charge on any atom is 0.338 e. The van der Waals surface area contributed by atoms with Crippen LogP contribution in [0.25, 0.3) is 23.0 Å². The van der Waals surface area contributed by atoms with Crippen LogP contribution in [0.5, 0.6) is 0 Å². The van der Waals surface area contributed by atoms with E-state index in [1.807, 2.05) is 97.5 Å². The number of nitrogens with zero attached hydrogens (tertiary/aromatic N) is 4. The van der Waals surface area contributed by atoms with Gasteiger partial charge in [0.1, 0.15) is 0 Å². The van der Waals surface area contributed by atoms with Gasteiger partial charge in [-0.3, -0.25) is 9.36 Å². The first-order valence-electron chi connectivity index (χ1n) is 13.8. The Morgan fingerprint density at radius 3 is 2.29 bits per heavy atom. The minimum atomic E-state index is -0.647. The number of esters is 1. The SMILES string of the molecule is CCOC(=O)C1=C(C)N=c2s/c(=C\c3cn(-c4ccccc4)nc3-c3ccc(C)cc3)c(=O)n2C1c1ccc(C)cc1. The molecule has 6 rings (SSSR count). The van der Waals surface area contributed by atoms with E-state index >= 15 is 0 Å². The molecule has 1 aliphatic rings. The molecule has 2 aromatic heterocycles. The van der Waals surface area contributed by atoms with Crippen LogP contribution in [-0.2, 0) is 9.53 Å². The number of benzene rings is 3. The van der Waals surface area contributed by atoms with Crippen LogP contribution in [0.4, 0.5) is 0 Å². The van der Waals surface area contributed by atoms with Gasteiger partial charge in [0.25, 0.3) is 5.56 Å². The van der Waals surface area contributed by atoms with Crippen molar-refractivity contribution in [2.24, 2.45) is 4.99 Å². The van der Waals surface area contributed by atoms with Crippen LogP contribution in [0.15, 0.2) is 106 Å². The number of aryl methyl sites for hydroxylation is 2. The molecular weight excluding hydrogens is 544 g/mol. The molecule has 0 bridgehead atoms. The van der Waals surface area contributed by atoms with Gasteiger partial charge in [0.2, 0.25) is 0 Å². The largest absolute Gasteiger partial charge is 0.463 e. The third-order valence-corrected chi connectivity index (χ3v) is 8.27. The Kier molecular flexibility index (Phi) is 7.31. The van der Waals surface area contributed by atoms with E-state index in [2.05, 4.69) is 12.1 Å². The molecule has 8 heteroatoms. The van der Waals surface area contributed by atoms with Crippen molar-refractivity contribution in [1.82, 2.24) is 14.3 Å². The van der Waals surface area contributed by atoms with Crippen molar-refractivity contribution in [3.63, 3.8) is 0 Å². The van der Waals surface area contributed by atoms with Gasteiger partial charge in [0.05, 0.1) is 39.8 Å². The molecule has 3 aromatic carbocycles. The summed E-state index contributed by atoms with van der Waals surface area (Å²) in [6.45, 7) is 7.85. The lowest BCUT2D eigenvalue weighted by Crippen LogP contribution is -2.39. The van der Waals surface area contributed by atoms with Gasteiger partial charge in [0, 0.05) is 17.3 Å². The number of hydrogen-bond acceptors (Lipinski definition) is 6. The lowest BCUT2D eigenvalue weighted by Gasteiger charge is -2.24. The molecule has 210 valence electrons. The highest BCUT2D eigenvalue weighted by Gasteiger charge is 2.33. The number of ether oxygens (including phenoxy) is 1. The highest BCUT2D eigenvalue weighted by atomic mass is 32.1. The van der Waals surface area contributed by atoms with E-state index in [1.165, 1.54) is 11.3 Å². The molecule has 1 atom stereocenters. The first kappa shape index (κ1) is 27.4. The lowest BCUT2D eigenvalue weighted by atomic mass is 9.95. The fraction of sp³-hybridized carbons (Fsp3) is 0.176. The number of carbonyl (C=O) groups is 1. The molecule has 0 aliphatic carbocycles. The summed E-state index contributed by atoms with van der Waals surface area (Å²) in [6.07, 6.45) is 3.82. The Balaban J connectivity index is 1.56. The minimum absolute atomic E-state index is 0.221. The van der Waals surface area contributed by atoms with Crippen LogP contribution in [-0.4, -0.2) is 26.9 Å². The number of rotatable bonds is 6. The number of aromatic nitrogens is 3. The molecule has 0 spiro atoms. The summed E-state index contributed by atoms with van der Waals surface area (Å²) in [6, 6.07) is 25.3. The first-order chi connectivity index (χ1) is 20.3. The molecule has 0 N–H and O–H groups in total. The van der Waals surface area contributed by atoms with Gasteiger partial charge >= 0.3 is 5.97 Å². The van der Waals surface area contributed by atoms with Crippen LogP contribution in [0.3, 0.4) is 0 Å². The molecule has 0 saturated heterocycles. The van der Waals surface area contributed by atoms with Crippen LogP contribution < -0.4 is 14.9 Å². The van der Waals surface area contributed by atoms with E-state index in [4.69, 9.17) is 14.8 Å². The molecule has 7 nitrogen and oxygen atoms in total. The molecular formula is C34H30N4O3S. The van der Waals surface area contributed by atoms with Gasteiger partial charge in [-0.1, -0.05) is 89.2 Å². The van der Waals surface area contributed by atoms with E-state index in [9.17, 15) is 9.59 Å². The number of allylic oxidation sites excluding steroid dienone is 1. The third-order valence-electron chi connectivity index (χ3n) is 7.28. The summed E-state index contributed by atoms with van der Waals surface area (Å²) in [5, 5.41) is 4.91. The third kappa shape index (κ3) is 5.05. The average Bonchev–Trinajstić information content (AvgIpc) is 3.54. The van der Waals surface area contributed by atoms with Gasteiger partial charge < -0.3 is 4.74 Å². The highest BCUT2D eigenvalue weighted by Crippen LogP contribution is 2.31. The van der Waals surface area contributed by atoms with Crippen molar-refractivity contribution in [3.05, 3.63) is 138 Å². The van der Waals surface area contributed by atoms with E-state index in [0.29, 0.717) is 20.6 Å². The summed E-state index contributed by atoms with van der Waals surface area (Å²) in [5.41, 5.74) is 7.20. The Bertz CT molecular complexity index is 2000. The predicted molar refractivity (Wildman–Crippen MR) is 165 cm³/mol. The molecule has 42 heavy (non-hydrogen) atoms. The van der Waals surface area contributed by atoms with Crippen molar-refractivity contribution in [2.45, 2.75) is 33.7 Å². The summed E-state index contributed by atoms with van der Waals surface area (Å²) in [4.78, 5) is 32.6. The number of carbonyl (C=O) groups excluding carboxylic acids is 1. The summed E-state index contributed by atoms with van der Waals surface area (Å²) in [7, 11) is 0. The van der Waals surface area contributed by atoms with Gasteiger partial charge in [-0.15, -0.1) is 0 Å². The number of hydrogen-bond donors (Lipinski definition) is 0. The number of fused-ring (bicyclic) bond motifs is 1.